The van der Waals surface area contributed by atoms with Crippen LogP contribution in [-0.4, -0.2) is 22.4 Å². The summed E-state index contributed by atoms with van der Waals surface area (Å²) in [5.74, 6) is 0. The molecule has 0 aliphatic heterocycles. The van der Waals surface area contributed by atoms with Crippen LogP contribution in [0.3, 0.4) is 0 Å². The lowest BCUT2D eigenvalue weighted by atomic mass is 10.3. The smallest absolute Gasteiger partial charge is 0.402 e. The van der Waals surface area contributed by atoms with E-state index in [-0.39, 0.29) is 0 Å². The molecule has 0 heterocycles. The molecule has 0 aromatic rings. The normalized spacial score (nSPS) is 5.50. The van der Waals surface area contributed by atoms with E-state index in [0.717, 1.165) is 0 Å². The highest BCUT2D eigenvalue weighted by atomic mass is 20.0. The first-order valence-electron chi connectivity index (χ1n) is 0.917. The molecule has 3 N–H and O–H groups in total. The molecule has 0 aromatic carbocycles. The molecule has 0 rings (SSSR count). The Hall–Kier alpha value is -0.195. The molecular weight excluding hydrogens is 96.8 g/mol. The number of hydrogen-bond acceptors (Lipinski definition) is 3. The lowest BCUT2D eigenvalue weighted by molar-refractivity contribution is 0.108. The Bertz CT molecular complexity index is 13.5. The predicted molar refractivity (Wildman–Crippen MR) is 14.6 cm³/mol. The molecule has 0 unspecified atom stereocenters. The minimum absolute atomic E-state index is 2.17. The van der Waals surface area contributed by atoms with Crippen molar-refractivity contribution in [2.24, 2.45) is 0 Å². The van der Waals surface area contributed by atoms with Crippen molar-refractivity contribution < 1.29 is 24.2 Å². The van der Waals surface area contributed by atoms with Gasteiger partial charge in [-0.3, -0.25) is 0 Å². The zero-order valence-corrected chi connectivity index (χ0v) is 2.67. The molecule has 0 spiro atoms. The Kier molecular flexibility index (Phi) is 13.6. The largest absolute Gasteiger partial charge is 0.631 e. The van der Waals surface area contributed by atoms with Crippen molar-refractivity contribution in [3.63, 3.8) is 0 Å². The van der Waals surface area contributed by atoms with Crippen molar-refractivity contribution in [3.8, 4) is 0 Å². The highest BCUT2D eigenvalue weighted by Crippen LogP contribution is 1.42. The third-order valence-corrected chi connectivity index (χ3v) is 0. The molecule has 0 amide bonds. The molecule has 3 nitrogen and oxygen atoms in total. The summed E-state index contributed by atoms with van der Waals surface area (Å²) in [6.45, 7) is 0. The average Bonchev–Trinajstić information content (AvgIpc) is 1.41. The highest BCUT2D eigenvalue weighted by molar-refractivity contribution is 6.30. The van der Waals surface area contributed by atoms with E-state index in [2.05, 4.69) is 0 Å². The Labute approximate surface area is 32.9 Å². The van der Waals surface area contributed by atoms with Crippen LogP contribution in [-0.2, 0) is 0 Å². The summed E-state index contributed by atoms with van der Waals surface area (Å²) in [5.41, 5.74) is 0. The van der Waals surface area contributed by atoms with E-state index in [4.69, 9.17) is 24.2 Å². The van der Waals surface area contributed by atoms with Gasteiger partial charge in [0.05, 0.1) is 0 Å². The lowest BCUT2D eigenvalue weighted by Gasteiger charge is -1.69. The fraction of sp³-hybridized carbons (Fsp3) is 0. The maximum Gasteiger partial charge on any atom is 0.631 e. The molecule has 0 aliphatic rings. The zero-order chi connectivity index (χ0) is 5.58. The van der Waals surface area contributed by atoms with Crippen LogP contribution in [0.4, 0.5) is 9.15 Å². The maximum absolute atomic E-state index is 8.00. The SMILES string of the molecule is FF.OB(O)O. The van der Waals surface area contributed by atoms with Crippen molar-refractivity contribution in [3.05, 3.63) is 0 Å². The van der Waals surface area contributed by atoms with Gasteiger partial charge in [0.1, 0.15) is 0 Å². The maximum atomic E-state index is 8.00. The molecule has 0 aliphatic carbocycles. The summed E-state index contributed by atoms with van der Waals surface area (Å²) in [6.07, 6.45) is 0. The highest BCUT2D eigenvalue weighted by Gasteiger charge is 1.92. The van der Waals surface area contributed by atoms with Crippen molar-refractivity contribution in [1.29, 1.82) is 0 Å². The van der Waals surface area contributed by atoms with Gasteiger partial charge in [-0.15, -0.1) is 0 Å². The second-order valence-corrected chi connectivity index (χ2v) is 0.346. The van der Waals surface area contributed by atoms with Gasteiger partial charge in [-0.2, -0.15) is 0 Å². The molecule has 6 heavy (non-hydrogen) atoms. The average molecular weight is 99.8 g/mol. The summed E-state index contributed by atoms with van der Waals surface area (Å²) in [5, 5.41) is 21.5. The quantitative estimate of drug-likeness (QED) is 0.334. The van der Waals surface area contributed by atoms with Gasteiger partial charge in [0.2, 0.25) is 0 Å². The van der Waals surface area contributed by atoms with Crippen molar-refractivity contribution in [2.45, 2.75) is 0 Å². The number of rotatable bonds is 0. The van der Waals surface area contributed by atoms with Gasteiger partial charge in [-0.1, -0.05) is 0 Å². The Morgan fingerprint density at radius 1 is 1.00 bits per heavy atom. The van der Waals surface area contributed by atoms with Crippen LogP contribution in [0, 0.1) is 0 Å². The van der Waals surface area contributed by atoms with Crippen LogP contribution in [0.15, 0.2) is 0 Å². The predicted octanol–water partition coefficient (Wildman–Crippen LogP) is -1.21. The molecule has 38 valence electrons. The molecule has 0 atom stereocenters. The summed E-state index contributed by atoms with van der Waals surface area (Å²) in [7, 11) is -2.17. The van der Waals surface area contributed by atoms with Gasteiger partial charge in [-0.25, -0.2) is 0 Å². The van der Waals surface area contributed by atoms with Gasteiger partial charge < -0.3 is 15.1 Å². The topological polar surface area (TPSA) is 60.7 Å². The van der Waals surface area contributed by atoms with Crippen LogP contribution in [0.2, 0.25) is 0 Å². The minimum atomic E-state index is -2.17. The monoisotopic (exact) mass is 100 g/mol. The summed E-state index contributed by atoms with van der Waals surface area (Å²) >= 11 is 0. The summed E-state index contributed by atoms with van der Waals surface area (Å²) < 4.78 is 16.0. The Balaban J connectivity index is 0. The summed E-state index contributed by atoms with van der Waals surface area (Å²) in [4.78, 5) is 0. The van der Waals surface area contributed by atoms with Crippen molar-refractivity contribution >= 4 is 7.32 Å². The Morgan fingerprint density at radius 2 is 1.00 bits per heavy atom. The van der Waals surface area contributed by atoms with Gasteiger partial charge in [0.25, 0.3) is 0 Å². The van der Waals surface area contributed by atoms with E-state index in [0.29, 0.717) is 0 Å². The van der Waals surface area contributed by atoms with E-state index in [1.807, 2.05) is 0 Å². The van der Waals surface area contributed by atoms with Gasteiger partial charge in [0.15, 0.2) is 0 Å². The van der Waals surface area contributed by atoms with Crippen LogP contribution >= 0.6 is 0 Å². The first-order chi connectivity index (χ1) is 2.73. The lowest BCUT2D eigenvalue weighted by Crippen LogP contribution is -2.07. The van der Waals surface area contributed by atoms with Crippen LogP contribution < -0.4 is 0 Å². The molecule has 0 bridgehead atoms. The first kappa shape index (κ1) is 9.26. The number of halogens is 2. The molecule has 0 saturated carbocycles. The molecule has 0 aromatic heterocycles. The molecular formula is H3BF2O3. The van der Waals surface area contributed by atoms with Gasteiger partial charge >= 0.3 is 7.32 Å². The molecule has 0 saturated heterocycles. The second-order valence-electron chi connectivity index (χ2n) is 0.346. The second kappa shape index (κ2) is 8.84. The standard InChI is InChI=1S/BH3O3.F2/c2-1(3)4;1-2/h2-4H;. The molecule has 0 radical (unpaired) electrons. The van der Waals surface area contributed by atoms with Crippen molar-refractivity contribution in [2.75, 3.05) is 0 Å². The van der Waals surface area contributed by atoms with Gasteiger partial charge in [0, 0.05) is 9.15 Å². The van der Waals surface area contributed by atoms with Gasteiger partial charge in [-0.05, 0) is 0 Å². The fourth-order valence-electron chi connectivity index (χ4n) is 0. The molecule has 0 fully saturated rings. The van der Waals surface area contributed by atoms with E-state index >= 15 is 0 Å². The zero-order valence-electron chi connectivity index (χ0n) is 2.67. The third-order valence-electron chi connectivity index (χ3n) is 0. The van der Waals surface area contributed by atoms with E-state index < -0.39 is 7.32 Å². The summed E-state index contributed by atoms with van der Waals surface area (Å²) in [6, 6.07) is 0. The van der Waals surface area contributed by atoms with Crippen LogP contribution in [0.25, 0.3) is 0 Å². The van der Waals surface area contributed by atoms with E-state index in [1.165, 1.54) is 0 Å². The fourth-order valence-corrected chi connectivity index (χ4v) is 0. The first-order valence-corrected chi connectivity index (χ1v) is 0.917. The number of hydrogen-bond donors (Lipinski definition) is 3. The minimum Gasteiger partial charge on any atom is -0.402 e. The van der Waals surface area contributed by atoms with E-state index in [9.17, 15) is 0 Å². The van der Waals surface area contributed by atoms with E-state index in [1.54, 1.807) is 0 Å². The van der Waals surface area contributed by atoms with Crippen molar-refractivity contribution in [1.82, 2.24) is 0 Å². The van der Waals surface area contributed by atoms with Crippen LogP contribution in [0.5, 0.6) is 0 Å². The third kappa shape index (κ3) is 787. The Morgan fingerprint density at radius 3 is 1.00 bits per heavy atom. The van der Waals surface area contributed by atoms with Crippen LogP contribution in [0.1, 0.15) is 0 Å². The molecule has 6 heteroatoms.